The molecule has 0 saturated carbocycles. The van der Waals surface area contributed by atoms with Gasteiger partial charge in [-0.3, -0.25) is 4.31 Å². The van der Waals surface area contributed by atoms with Crippen LogP contribution in [0.5, 0.6) is 0 Å². The number of nitrogens with zero attached hydrogens (tertiary/aromatic N) is 2. The summed E-state index contributed by atoms with van der Waals surface area (Å²) in [4.78, 5) is 0.0905. The lowest BCUT2D eigenvalue weighted by Crippen LogP contribution is -2.46. The number of halogens is 1. The van der Waals surface area contributed by atoms with Crippen molar-refractivity contribution in [2.45, 2.75) is 44.2 Å². The number of nitrogens with one attached hydrogen (secondary N) is 1. The van der Waals surface area contributed by atoms with Crippen LogP contribution in [0.4, 0.5) is 10.1 Å². The fourth-order valence-electron chi connectivity index (χ4n) is 4.08. The average molecular weight is 498 g/mol. The van der Waals surface area contributed by atoms with Crippen molar-refractivity contribution in [1.29, 1.82) is 0 Å². The van der Waals surface area contributed by atoms with Crippen LogP contribution in [0.25, 0.3) is 0 Å². The Morgan fingerprint density at radius 2 is 1.55 bits per heavy atom. The van der Waals surface area contributed by atoms with Crippen LogP contribution < -0.4 is 9.62 Å². The van der Waals surface area contributed by atoms with E-state index in [1.54, 1.807) is 24.3 Å². The molecule has 1 aliphatic heterocycles. The van der Waals surface area contributed by atoms with Crippen molar-refractivity contribution < 1.29 is 21.2 Å². The lowest BCUT2D eigenvalue weighted by atomic mass is 10.1. The molecule has 0 aromatic heterocycles. The Morgan fingerprint density at radius 3 is 2.06 bits per heavy atom. The zero-order valence-corrected chi connectivity index (χ0v) is 20.9. The fourth-order valence-corrected chi connectivity index (χ4v) is 6.93. The van der Waals surface area contributed by atoms with Crippen molar-refractivity contribution in [2.75, 3.05) is 30.2 Å². The van der Waals surface area contributed by atoms with Gasteiger partial charge in [-0.05, 0) is 73.8 Å². The van der Waals surface area contributed by atoms with Gasteiger partial charge in [-0.1, -0.05) is 26.0 Å². The first-order chi connectivity index (χ1) is 15.5. The molecule has 2 aromatic carbocycles. The van der Waals surface area contributed by atoms with E-state index in [1.165, 1.54) is 39.1 Å². The van der Waals surface area contributed by atoms with Crippen LogP contribution >= 0.6 is 0 Å². The first-order valence-electron chi connectivity index (χ1n) is 11.0. The average Bonchev–Trinajstić information content (AvgIpc) is 2.75. The highest BCUT2D eigenvalue weighted by molar-refractivity contribution is 7.92. The van der Waals surface area contributed by atoms with Crippen molar-refractivity contribution in [3.05, 3.63) is 59.9 Å². The van der Waals surface area contributed by atoms with E-state index >= 15 is 0 Å². The molecule has 0 aliphatic carbocycles. The Bertz CT molecular complexity index is 1130. The predicted molar refractivity (Wildman–Crippen MR) is 128 cm³/mol. The van der Waals surface area contributed by atoms with Crippen molar-refractivity contribution >= 4 is 25.7 Å². The summed E-state index contributed by atoms with van der Waals surface area (Å²) in [5.41, 5.74) is 1.14. The van der Waals surface area contributed by atoms with Gasteiger partial charge in [0.2, 0.25) is 20.0 Å². The van der Waals surface area contributed by atoms with Gasteiger partial charge in [-0.25, -0.2) is 21.2 Å². The number of rotatable bonds is 9. The molecule has 1 aliphatic rings. The van der Waals surface area contributed by atoms with Gasteiger partial charge in [0, 0.05) is 19.1 Å². The molecule has 1 heterocycles. The SMILES string of the molecule is CC(C)CN(Cc1ccc(F)cc1)S(=O)(=O)c1ccc(N(C2CCNCC2)S(C)(=O)=O)cc1. The minimum Gasteiger partial charge on any atom is -0.317 e. The zero-order valence-electron chi connectivity index (χ0n) is 19.2. The minimum atomic E-state index is -3.85. The normalized spacial score (nSPS) is 15.8. The van der Waals surface area contributed by atoms with E-state index in [2.05, 4.69) is 5.32 Å². The molecule has 182 valence electrons. The molecule has 10 heteroatoms. The lowest BCUT2D eigenvalue weighted by Gasteiger charge is -2.34. The highest BCUT2D eigenvalue weighted by Gasteiger charge is 2.30. The molecule has 1 saturated heterocycles. The van der Waals surface area contributed by atoms with Gasteiger partial charge in [0.15, 0.2) is 0 Å². The standard InChI is InChI=1S/C23H32FN3O4S2/c1-18(2)16-26(17-19-4-6-20(24)7-5-19)33(30,31)23-10-8-21(9-11-23)27(32(3,28)29)22-12-14-25-15-13-22/h4-11,18,22,25H,12-17H2,1-3H3. The van der Waals surface area contributed by atoms with E-state index in [1.807, 2.05) is 13.8 Å². The molecule has 0 amide bonds. The van der Waals surface area contributed by atoms with E-state index in [-0.39, 0.29) is 29.2 Å². The summed E-state index contributed by atoms with van der Waals surface area (Å²) in [6.45, 7) is 5.74. The van der Waals surface area contributed by atoms with Gasteiger partial charge >= 0.3 is 0 Å². The summed E-state index contributed by atoms with van der Waals surface area (Å²) in [7, 11) is -7.37. The molecule has 7 nitrogen and oxygen atoms in total. The molecule has 3 rings (SSSR count). The first-order valence-corrected chi connectivity index (χ1v) is 14.3. The summed E-state index contributed by atoms with van der Waals surface area (Å²) in [6, 6.07) is 11.6. The maximum atomic E-state index is 13.4. The van der Waals surface area contributed by atoms with E-state index in [0.717, 1.165) is 13.1 Å². The Labute approximate surface area is 196 Å². The zero-order chi connectivity index (χ0) is 24.2. The van der Waals surface area contributed by atoms with Gasteiger partial charge < -0.3 is 5.32 Å². The second-order valence-corrected chi connectivity index (χ2v) is 12.6. The van der Waals surface area contributed by atoms with Crippen molar-refractivity contribution in [3.8, 4) is 0 Å². The Morgan fingerprint density at radius 1 is 0.970 bits per heavy atom. The van der Waals surface area contributed by atoms with Crippen molar-refractivity contribution in [1.82, 2.24) is 9.62 Å². The third kappa shape index (κ3) is 6.53. The van der Waals surface area contributed by atoms with E-state index in [0.29, 0.717) is 30.6 Å². The molecular weight excluding hydrogens is 465 g/mol. The predicted octanol–water partition coefficient (Wildman–Crippen LogP) is 3.19. The Kier molecular flexibility index (Phi) is 8.15. The first kappa shape index (κ1) is 25.6. The second kappa shape index (κ2) is 10.5. The third-order valence-electron chi connectivity index (χ3n) is 5.57. The topological polar surface area (TPSA) is 86.8 Å². The molecule has 0 unspecified atom stereocenters. The fraction of sp³-hybridized carbons (Fsp3) is 0.478. The molecule has 1 N–H and O–H groups in total. The van der Waals surface area contributed by atoms with Crippen LogP contribution in [-0.4, -0.2) is 53.1 Å². The Balaban J connectivity index is 1.90. The molecule has 0 spiro atoms. The van der Waals surface area contributed by atoms with Crippen molar-refractivity contribution in [3.63, 3.8) is 0 Å². The maximum absolute atomic E-state index is 13.4. The second-order valence-electron chi connectivity index (χ2n) is 8.85. The van der Waals surface area contributed by atoms with Crippen LogP contribution in [0.1, 0.15) is 32.3 Å². The van der Waals surface area contributed by atoms with Crippen LogP contribution in [0.3, 0.4) is 0 Å². The number of piperidine rings is 1. The van der Waals surface area contributed by atoms with E-state index in [4.69, 9.17) is 0 Å². The molecule has 2 aromatic rings. The minimum absolute atomic E-state index is 0.0835. The van der Waals surface area contributed by atoms with E-state index < -0.39 is 20.0 Å². The number of hydrogen-bond donors (Lipinski definition) is 1. The number of sulfonamides is 2. The third-order valence-corrected chi connectivity index (χ3v) is 8.62. The van der Waals surface area contributed by atoms with Crippen LogP contribution in [0.15, 0.2) is 53.4 Å². The van der Waals surface area contributed by atoms with Crippen LogP contribution in [0.2, 0.25) is 0 Å². The molecule has 0 bridgehead atoms. The largest absolute Gasteiger partial charge is 0.317 e. The Hall–Kier alpha value is -2.01. The summed E-state index contributed by atoms with van der Waals surface area (Å²) in [6.07, 6.45) is 2.55. The molecule has 1 fully saturated rings. The van der Waals surface area contributed by atoms with E-state index in [9.17, 15) is 21.2 Å². The summed E-state index contributed by atoms with van der Waals surface area (Å²) in [5.74, 6) is -0.295. The van der Waals surface area contributed by atoms with Crippen LogP contribution in [-0.2, 0) is 26.6 Å². The molecule has 33 heavy (non-hydrogen) atoms. The highest BCUT2D eigenvalue weighted by Crippen LogP contribution is 2.28. The number of hydrogen-bond acceptors (Lipinski definition) is 5. The summed E-state index contributed by atoms with van der Waals surface area (Å²) >= 11 is 0. The maximum Gasteiger partial charge on any atom is 0.243 e. The van der Waals surface area contributed by atoms with Crippen LogP contribution in [0, 0.1) is 11.7 Å². The summed E-state index contributed by atoms with van der Waals surface area (Å²) in [5, 5.41) is 3.23. The van der Waals surface area contributed by atoms with Gasteiger partial charge in [-0.2, -0.15) is 4.31 Å². The molecular formula is C23H32FN3O4S2. The number of anilines is 1. The highest BCUT2D eigenvalue weighted by atomic mass is 32.2. The quantitative estimate of drug-likeness (QED) is 0.575. The number of benzene rings is 2. The molecule has 0 atom stereocenters. The van der Waals surface area contributed by atoms with Gasteiger partial charge in [0.05, 0.1) is 16.8 Å². The van der Waals surface area contributed by atoms with Gasteiger partial charge in [0.1, 0.15) is 5.82 Å². The van der Waals surface area contributed by atoms with Crippen molar-refractivity contribution in [2.24, 2.45) is 5.92 Å². The summed E-state index contributed by atoms with van der Waals surface area (Å²) < 4.78 is 68.0. The smallest absolute Gasteiger partial charge is 0.243 e. The van der Waals surface area contributed by atoms with Gasteiger partial charge in [0.25, 0.3) is 0 Å². The molecule has 0 radical (unpaired) electrons. The monoisotopic (exact) mass is 497 g/mol. The van der Waals surface area contributed by atoms with Gasteiger partial charge in [-0.15, -0.1) is 0 Å². The lowest BCUT2D eigenvalue weighted by molar-refractivity contribution is 0.362.